The number of fused-ring (bicyclic) bond motifs is 1. The first-order valence-electron chi connectivity index (χ1n) is 7.73. The molecule has 5 heteroatoms. The highest BCUT2D eigenvalue weighted by atomic mass is 16.3. The summed E-state index contributed by atoms with van der Waals surface area (Å²) in [5, 5.41) is 15.2. The molecule has 1 atom stereocenters. The average molecular weight is 304 g/mol. The maximum absolute atomic E-state index is 11.9. The van der Waals surface area contributed by atoms with Crippen LogP contribution in [0.1, 0.15) is 38.3 Å². The molecule has 2 amide bonds. The number of benzene rings is 1. The molecule has 5 nitrogen and oxygen atoms in total. The fourth-order valence-electron chi connectivity index (χ4n) is 2.38. The van der Waals surface area contributed by atoms with Crippen LogP contribution in [-0.2, 0) is 22.4 Å². The van der Waals surface area contributed by atoms with Crippen molar-refractivity contribution in [2.24, 2.45) is 5.92 Å². The fraction of sp³-hybridized carbons (Fsp3) is 0.529. The molecule has 1 aliphatic carbocycles. The summed E-state index contributed by atoms with van der Waals surface area (Å²) in [6.07, 6.45) is 3.23. The third kappa shape index (κ3) is 3.85. The molecule has 0 saturated carbocycles. The number of aliphatic hydroxyl groups is 1. The lowest BCUT2D eigenvalue weighted by Gasteiger charge is -2.27. The lowest BCUT2D eigenvalue weighted by molar-refractivity contribution is -0.137. The highest BCUT2D eigenvalue weighted by Crippen LogP contribution is 2.24. The van der Waals surface area contributed by atoms with E-state index in [4.69, 9.17) is 0 Å². The summed E-state index contributed by atoms with van der Waals surface area (Å²) in [6.45, 7) is 5.39. The summed E-state index contributed by atoms with van der Waals surface area (Å²) in [6, 6.07) is 5.75. The zero-order valence-corrected chi connectivity index (χ0v) is 13.4. The number of nitrogens with one attached hydrogen (secondary N) is 2. The monoisotopic (exact) mass is 304 g/mol. The minimum atomic E-state index is -1.04. The first kappa shape index (κ1) is 16.5. The van der Waals surface area contributed by atoms with Crippen LogP contribution in [0.5, 0.6) is 0 Å². The topological polar surface area (TPSA) is 78.4 Å². The number of rotatable bonds is 4. The molecular formula is C17H24N2O3. The summed E-state index contributed by atoms with van der Waals surface area (Å²) in [7, 11) is 0. The number of carbonyl (C=O) groups is 2. The Hall–Kier alpha value is -1.88. The van der Waals surface area contributed by atoms with Gasteiger partial charge in [-0.25, -0.2) is 0 Å². The summed E-state index contributed by atoms with van der Waals surface area (Å²) >= 11 is 0. The van der Waals surface area contributed by atoms with Crippen molar-refractivity contribution < 1.29 is 14.7 Å². The van der Waals surface area contributed by atoms with Crippen molar-refractivity contribution in [3.63, 3.8) is 0 Å². The third-order valence-electron chi connectivity index (χ3n) is 4.41. The van der Waals surface area contributed by atoms with Crippen molar-refractivity contribution in [2.75, 3.05) is 11.9 Å². The molecule has 0 saturated heterocycles. The van der Waals surface area contributed by atoms with Crippen LogP contribution < -0.4 is 10.6 Å². The van der Waals surface area contributed by atoms with Gasteiger partial charge in [-0.15, -0.1) is 0 Å². The lowest BCUT2D eigenvalue weighted by Crippen LogP contribution is -2.47. The Morgan fingerprint density at radius 3 is 2.59 bits per heavy atom. The molecule has 0 aromatic heterocycles. The number of carbonyl (C=O) groups excluding carboxylic acids is 2. The number of hydrogen-bond acceptors (Lipinski definition) is 3. The van der Waals surface area contributed by atoms with Crippen LogP contribution in [0.3, 0.4) is 0 Å². The maximum Gasteiger partial charge on any atom is 0.313 e. The van der Waals surface area contributed by atoms with E-state index in [1.807, 2.05) is 32.0 Å². The second kappa shape index (κ2) is 6.48. The predicted molar refractivity (Wildman–Crippen MR) is 85.6 cm³/mol. The zero-order valence-electron chi connectivity index (χ0n) is 13.4. The van der Waals surface area contributed by atoms with Crippen molar-refractivity contribution in [3.8, 4) is 0 Å². The van der Waals surface area contributed by atoms with Crippen LogP contribution >= 0.6 is 0 Å². The average Bonchev–Trinajstić information content (AvgIpc) is 2.92. The summed E-state index contributed by atoms with van der Waals surface area (Å²) in [5.41, 5.74) is 2.15. The molecule has 120 valence electrons. The van der Waals surface area contributed by atoms with Gasteiger partial charge in [0.15, 0.2) is 0 Å². The Balaban J connectivity index is 1.90. The van der Waals surface area contributed by atoms with Crippen molar-refractivity contribution in [1.29, 1.82) is 0 Å². The van der Waals surface area contributed by atoms with Gasteiger partial charge < -0.3 is 15.7 Å². The zero-order chi connectivity index (χ0) is 16.3. The SMILES string of the molecule is CC(C)C(C)(O)CNC(=O)C(=O)Nc1ccc2c(c1)CCC2. The van der Waals surface area contributed by atoms with E-state index in [1.54, 1.807) is 6.92 Å². The van der Waals surface area contributed by atoms with Gasteiger partial charge in [0.1, 0.15) is 0 Å². The van der Waals surface area contributed by atoms with E-state index in [1.165, 1.54) is 11.1 Å². The molecule has 3 N–H and O–H groups in total. The van der Waals surface area contributed by atoms with E-state index < -0.39 is 17.4 Å². The van der Waals surface area contributed by atoms with Crippen molar-refractivity contribution in [3.05, 3.63) is 29.3 Å². The molecule has 0 spiro atoms. The smallest absolute Gasteiger partial charge is 0.313 e. The summed E-state index contributed by atoms with van der Waals surface area (Å²) in [5.74, 6) is -1.47. The Kier molecular flexibility index (Phi) is 4.86. The van der Waals surface area contributed by atoms with Crippen molar-refractivity contribution in [1.82, 2.24) is 5.32 Å². The van der Waals surface area contributed by atoms with Crippen LogP contribution in [0.25, 0.3) is 0 Å². The molecule has 1 unspecified atom stereocenters. The van der Waals surface area contributed by atoms with Crippen molar-refractivity contribution in [2.45, 2.75) is 45.6 Å². The van der Waals surface area contributed by atoms with Gasteiger partial charge >= 0.3 is 11.8 Å². The largest absolute Gasteiger partial charge is 0.388 e. The Labute approximate surface area is 131 Å². The lowest BCUT2D eigenvalue weighted by atomic mass is 9.92. The first-order chi connectivity index (χ1) is 10.3. The molecule has 2 rings (SSSR count). The predicted octanol–water partition coefficient (Wildman–Crippen LogP) is 1.64. The Bertz CT molecular complexity index is 579. The molecule has 0 heterocycles. The number of hydrogen-bond donors (Lipinski definition) is 3. The van der Waals surface area contributed by atoms with Gasteiger partial charge in [0.05, 0.1) is 5.60 Å². The van der Waals surface area contributed by atoms with Gasteiger partial charge in [0.25, 0.3) is 0 Å². The van der Waals surface area contributed by atoms with Gasteiger partial charge in [0.2, 0.25) is 0 Å². The summed E-state index contributed by atoms with van der Waals surface area (Å²) < 4.78 is 0. The van der Waals surface area contributed by atoms with E-state index in [2.05, 4.69) is 10.6 Å². The van der Waals surface area contributed by atoms with Crippen LogP contribution in [0.4, 0.5) is 5.69 Å². The number of amides is 2. The van der Waals surface area contributed by atoms with E-state index in [9.17, 15) is 14.7 Å². The maximum atomic E-state index is 11.9. The highest BCUT2D eigenvalue weighted by molar-refractivity contribution is 6.39. The van der Waals surface area contributed by atoms with E-state index >= 15 is 0 Å². The molecule has 22 heavy (non-hydrogen) atoms. The van der Waals surface area contributed by atoms with E-state index in [0.29, 0.717) is 5.69 Å². The second-order valence-electron chi connectivity index (χ2n) is 6.49. The van der Waals surface area contributed by atoms with Gasteiger partial charge in [-0.2, -0.15) is 0 Å². The standard InChI is InChI=1S/C17H24N2O3/c1-11(2)17(3,22)10-18-15(20)16(21)19-14-8-7-12-5-4-6-13(12)9-14/h7-9,11,22H,4-6,10H2,1-3H3,(H,18,20)(H,19,21). The molecule has 0 radical (unpaired) electrons. The van der Waals surface area contributed by atoms with Gasteiger partial charge in [-0.1, -0.05) is 19.9 Å². The highest BCUT2D eigenvalue weighted by Gasteiger charge is 2.26. The van der Waals surface area contributed by atoms with E-state index in [0.717, 1.165) is 19.3 Å². The van der Waals surface area contributed by atoms with Crippen molar-refractivity contribution >= 4 is 17.5 Å². The molecule has 0 bridgehead atoms. The number of aryl methyl sites for hydroxylation is 2. The molecule has 0 aliphatic heterocycles. The second-order valence-corrected chi connectivity index (χ2v) is 6.49. The van der Waals surface area contributed by atoms with Crippen LogP contribution in [0.15, 0.2) is 18.2 Å². The van der Waals surface area contributed by atoms with Crippen LogP contribution in [-0.4, -0.2) is 29.1 Å². The quantitative estimate of drug-likeness (QED) is 0.740. The Morgan fingerprint density at radius 1 is 1.23 bits per heavy atom. The van der Waals surface area contributed by atoms with Crippen LogP contribution in [0, 0.1) is 5.92 Å². The molecular weight excluding hydrogens is 280 g/mol. The Morgan fingerprint density at radius 2 is 1.91 bits per heavy atom. The molecule has 1 aliphatic rings. The molecule has 0 fully saturated rings. The minimum absolute atomic E-state index is 0.0208. The summed E-state index contributed by atoms with van der Waals surface area (Å²) in [4.78, 5) is 23.7. The minimum Gasteiger partial charge on any atom is -0.388 e. The normalized spacial score (nSPS) is 16.0. The van der Waals surface area contributed by atoms with Gasteiger partial charge in [-0.05, 0) is 55.4 Å². The fourth-order valence-corrected chi connectivity index (χ4v) is 2.38. The van der Waals surface area contributed by atoms with Gasteiger partial charge in [-0.3, -0.25) is 9.59 Å². The molecule has 1 aromatic rings. The van der Waals surface area contributed by atoms with E-state index in [-0.39, 0.29) is 12.5 Å². The molecule has 1 aromatic carbocycles. The third-order valence-corrected chi connectivity index (χ3v) is 4.41. The first-order valence-corrected chi connectivity index (χ1v) is 7.73. The van der Waals surface area contributed by atoms with Gasteiger partial charge in [0, 0.05) is 12.2 Å². The van der Waals surface area contributed by atoms with Crippen LogP contribution in [0.2, 0.25) is 0 Å². The number of anilines is 1.